The standard InChI is InChI=1S/C10H11N3O3/c1-5-3-8-11-6(2)7(4-9(14)15)10(16)13(8)12-5/h3,12H,4H2,1-2H3,(H,14,15). The van der Waals surface area contributed by atoms with Crippen LogP contribution in [0.25, 0.3) is 5.65 Å². The molecule has 0 saturated heterocycles. The van der Waals surface area contributed by atoms with Gasteiger partial charge >= 0.3 is 5.97 Å². The highest BCUT2D eigenvalue weighted by atomic mass is 16.4. The number of carboxylic acids is 1. The lowest BCUT2D eigenvalue weighted by Crippen LogP contribution is -2.23. The van der Waals surface area contributed by atoms with Gasteiger partial charge in [0.1, 0.15) is 0 Å². The van der Waals surface area contributed by atoms with Gasteiger partial charge in [-0.2, -0.15) is 0 Å². The number of aromatic nitrogens is 3. The van der Waals surface area contributed by atoms with Gasteiger partial charge in [0.05, 0.1) is 12.0 Å². The molecule has 2 rings (SSSR count). The van der Waals surface area contributed by atoms with Crippen LogP contribution < -0.4 is 5.56 Å². The van der Waals surface area contributed by atoms with Gasteiger partial charge in [0.25, 0.3) is 5.56 Å². The Kier molecular flexibility index (Phi) is 2.26. The fourth-order valence-corrected chi connectivity index (χ4v) is 1.64. The van der Waals surface area contributed by atoms with Crippen molar-refractivity contribution in [2.45, 2.75) is 20.3 Å². The lowest BCUT2D eigenvalue weighted by molar-refractivity contribution is -0.136. The number of nitrogens with zero attached hydrogens (tertiary/aromatic N) is 2. The molecule has 6 heteroatoms. The summed E-state index contributed by atoms with van der Waals surface area (Å²) < 4.78 is 1.26. The number of aromatic amines is 1. The highest BCUT2D eigenvalue weighted by molar-refractivity contribution is 5.70. The Morgan fingerprint density at radius 1 is 1.56 bits per heavy atom. The minimum atomic E-state index is -1.04. The Morgan fingerprint density at radius 2 is 2.25 bits per heavy atom. The van der Waals surface area contributed by atoms with E-state index in [4.69, 9.17) is 5.11 Å². The summed E-state index contributed by atoms with van der Waals surface area (Å²) in [6, 6.07) is 1.74. The van der Waals surface area contributed by atoms with Gasteiger partial charge in [-0.25, -0.2) is 9.50 Å². The van der Waals surface area contributed by atoms with E-state index in [2.05, 4.69) is 10.1 Å². The maximum absolute atomic E-state index is 11.9. The zero-order valence-electron chi connectivity index (χ0n) is 8.94. The van der Waals surface area contributed by atoms with Crippen molar-refractivity contribution in [1.29, 1.82) is 0 Å². The van der Waals surface area contributed by atoms with Crippen molar-refractivity contribution >= 4 is 11.6 Å². The second kappa shape index (κ2) is 3.48. The summed E-state index contributed by atoms with van der Waals surface area (Å²) in [5.74, 6) is -1.04. The smallest absolute Gasteiger partial charge is 0.308 e. The molecule has 0 atom stereocenters. The second-order valence-electron chi connectivity index (χ2n) is 3.68. The predicted molar refractivity (Wildman–Crippen MR) is 56.6 cm³/mol. The van der Waals surface area contributed by atoms with Crippen molar-refractivity contribution in [2.24, 2.45) is 0 Å². The van der Waals surface area contributed by atoms with Gasteiger partial charge in [-0.1, -0.05) is 0 Å². The average Bonchev–Trinajstić information content (AvgIpc) is 2.53. The third kappa shape index (κ3) is 1.58. The van der Waals surface area contributed by atoms with E-state index < -0.39 is 5.97 Å². The van der Waals surface area contributed by atoms with E-state index in [0.29, 0.717) is 11.3 Å². The number of aliphatic carboxylic acids is 1. The number of rotatable bonds is 2. The molecule has 2 aromatic rings. The highest BCUT2D eigenvalue weighted by Gasteiger charge is 2.13. The number of nitrogens with one attached hydrogen (secondary N) is 1. The van der Waals surface area contributed by atoms with Crippen LogP contribution in [0.15, 0.2) is 10.9 Å². The Morgan fingerprint density at radius 3 is 2.88 bits per heavy atom. The van der Waals surface area contributed by atoms with Gasteiger partial charge in [-0.3, -0.25) is 14.7 Å². The molecular formula is C10H11N3O3. The van der Waals surface area contributed by atoms with Gasteiger partial charge in [0.2, 0.25) is 0 Å². The molecule has 0 saturated carbocycles. The summed E-state index contributed by atoms with van der Waals surface area (Å²) in [5, 5.41) is 11.5. The summed E-state index contributed by atoms with van der Waals surface area (Å²) in [6.45, 7) is 3.45. The summed E-state index contributed by atoms with van der Waals surface area (Å²) >= 11 is 0. The van der Waals surface area contributed by atoms with Crippen LogP contribution in [-0.2, 0) is 11.2 Å². The van der Waals surface area contributed by atoms with Crippen LogP contribution in [0.2, 0.25) is 0 Å². The third-order valence-corrected chi connectivity index (χ3v) is 2.37. The Bertz CT molecular complexity index is 624. The first-order valence-electron chi connectivity index (χ1n) is 4.78. The van der Waals surface area contributed by atoms with Crippen molar-refractivity contribution in [3.05, 3.63) is 33.4 Å². The van der Waals surface area contributed by atoms with Gasteiger partial charge in [-0.05, 0) is 13.8 Å². The molecule has 0 bridgehead atoms. The number of aryl methyl sites for hydroxylation is 2. The molecule has 16 heavy (non-hydrogen) atoms. The predicted octanol–water partition coefficient (Wildman–Crippen LogP) is 0.267. The molecule has 0 radical (unpaired) electrons. The van der Waals surface area contributed by atoms with Gasteiger partial charge in [0.15, 0.2) is 5.65 Å². The number of carboxylic acid groups (broad SMARTS) is 1. The number of hydrogen-bond donors (Lipinski definition) is 2. The quantitative estimate of drug-likeness (QED) is 0.761. The van der Waals surface area contributed by atoms with Crippen LogP contribution in [0.4, 0.5) is 0 Å². The second-order valence-corrected chi connectivity index (χ2v) is 3.68. The Hall–Kier alpha value is -2.11. The zero-order chi connectivity index (χ0) is 11.9. The molecule has 84 valence electrons. The summed E-state index contributed by atoms with van der Waals surface area (Å²) in [4.78, 5) is 26.7. The summed E-state index contributed by atoms with van der Waals surface area (Å²) in [6.07, 6.45) is -0.307. The van der Waals surface area contributed by atoms with E-state index >= 15 is 0 Å². The molecule has 0 aliphatic carbocycles. The lowest BCUT2D eigenvalue weighted by atomic mass is 10.2. The van der Waals surface area contributed by atoms with Gasteiger partial charge in [0, 0.05) is 17.5 Å². The molecule has 0 fully saturated rings. The molecule has 2 aromatic heterocycles. The number of carbonyl (C=O) groups is 1. The van der Waals surface area contributed by atoms with Crippen LogP contribution in [0.3, 0.4) is 0 Å². The van der Waals surface area contributed by atoms with Crippen LogP contribution in [0, 0.1) is 13.8 Å². The molecular weight excluding hydrogens is 210 g/mol. The van der Waals surface area contributed by atoms with Crippen LogP contribution in [0.1, 0.15) is 17.0 Å². The minimum Gasteiger partial charge on any atom is -0.481 e. The third-order valence-electron chi connectivity index (χ3n) is 2.37. The molecule has 0 amide bonds. The first-order chi connectivity index (χ1) is 7.49. The largest absolute Gasteiger partial charge is 0.481 e. The normalized spacial score (nSPS) is 10.9. The molecule has 2 heterocycles. The molecule has 0 spiro atoms. The molecule has 0 aliphatic rings. The zero-order valence-corrected chi connectivity index (χ0v) is 8.94. The van der Waals surface area contributed by atoms with Crippen molar-refractivity contribution < 1.29 is 9.90 Å². The minimum absolute atomic E-state index is 0.215. The van der Waals surface area contributed by atoms with E-state index in [1.54, 1.807) is 19.9 Å². The van der Waals surface area contributed by atoms with Crippen LogP contribution in [-0.4, -0.2) is 25.7 Å². The van der Waals surface area contributed by atoms with Crippen molar-refractivity contribution in [3.63, 3.8) is 0 Å². The number of hydrogen-bond acceptors (Lipinski definition) is 3. The molecule has 2 N–H and O–H groups in total. The Labute approximate surface area is 90.5 Å². The molecule has 6 nitrogen and oxygen atoms in total. The highest BCUT2D eigenvalue weighted by Crippen LogP contribution is 2.05. The first kappa shape index (κ1) is 10.4. The van der Waals surface area contributed by atoms with E-state index in [1.807, 2.05) is 0 Å². The Balaban J connectivity index is 2.74. The maximum Gasteiger partial charge on any atom is 0.308 e. The van der Waals surface area contributed by atoms with Crippen molar-refractivity contribution in [3.8, 4) is 0 Å². The van der Waals surface area contributed by atoms with Crippen molar-refractivity contribution in [1.82, 2.24) is 14.6 Å². The topological polar surface area (TPSA) is 87.5 Å². The number of H-pyrrole nitrogens is 1. The van der Waals surface area contributed by atoms with Gasteiger partial charge < -0.3 is 5.11 Å². The van der Waals surface area contributed by atoms with E-state index in [-0.39, 0.29) is 17.5 Å². The average molecular weight is 221 g/mol. The SMILES string of the molecule is Cc1cc2nc(C)c(CC(=O)O)c(=O)n2[nH]1. The summed E-state index contributed by atoms with van der Waals surface area (Å²) in [5.41, 5.74) is 1.64. The fourth-order valence-electron chi connectivity index (χ4n) is 1.64. The van der Waals surface area contributed by atoms with Gasteiger partial charge in [-0.15, -0.1) is 0 Å². The van der Waals surface area contributed by atoms with Crippen LogP contribution >= 0.6 is 0 Å². The maximum atomic E-state index is 11.9. The first-order valence-corrected chi connectivity index (χ1v) is 4.78. The molecule has 0 unspecified atom stereocenters. The lowest BCUT2D eigenvalue weighted by Gasteiger charge is -2.02. The fraction of sp³-hybridized carbons (Fsp3) is 0.300. The molecule has 0 aromatic carbocycles. The molecule has 0 aliphatic heterocycles. The van der Waals surface area contributed by atoms with Crippen molar-refractivity contribution in [2.75, 3.05) is 0 Å². The monoisotopic (exact) mass is 221 g/mol. The van der Waals surface area contributed by atoms with Crippen LogP contribution in [0.5, 0.6) is 0 Å². The van der Waals surface area contributed by atoms with E-state index in [1.165, 1.54) is 4.52 Å². The van der Waals surface area contributed by atoms with E-state index in [0.717, 1.165) is 5.69 Å². The summed E-state index contributed by atoms with van der Waals surface area (Å²) in [7, 11) is 0. The van der Waals surface area contributed by atoms with E-state index in [9.17, 15) is 9.59 Å². The number of fused-ring (bicyclic) bond motifs is 1.